The van der Waals surface area contributed by atoms with E-state index in [9.17, 15) is 4.79 Å². The van der Waals surface area contributed by atoms with Gasteiger partial charge >= 0.3 is 0 Å². The number of hydrogen-bond acceptors (Lipinski definition) is 5. The van der Waals surface area contributed by atoms with Gasteiger partial charge in [-0.3, -0.25) is 9.78 Å². The van der Waals surface area contributed by atoms with Gasteiger partial charge in [0.25, 0.3) is 5.91 Å². The number of nitrogens with zero attached hydrogens (tertiary/aromatic N) is 2. The van der Waals surface area contributed by atoms with Gasteiger partial charge in [-0.05, 0) is 35.9 Å². The number of amides is 1. The number of nitrogens with one attached hydrogen (secondary N) is 1. The monoisotopic (exact) mass is 285 g/mol. The van der Waals surface area contributed by atoms with Gasteiger partial charge < -0.3 is 9.47 Å². The highest BCUT2D eigenvalue weighted by Gasteiger charge is 2.04. The lowest BCUT2D eigenvalue weighted by molar-refractivity contribution is 0.0955. The number of pyridine rings is 1. The van der Waals surface area contributed by atoms with Crippen LogP contribution in [0.1, 0.15) is 15.9 Å². The van der Waals surface area contributed by atoms with Gasteiger partial charge in [-0.25, -0.2) is 5.43 Å². The summed E-state index contributed by atoms with van der Waals surface area (Å²) in [7, 11) is 3.13. The van der Waals surface area contributed by atoms with E-state index in [4.69, 9.17) is 9.47 Å². The molecule has 108 valence electrons. The first-order valence-corrected chi connectivity index (χ1v) is 6.20. The van der Waals surface area contributed by atoms with E-state index in [1.54, 1.807) is 50.9 Å². The van der Waals surface area contributed by atoms with Gasteiger partial charge in [-0.2, -0.15) is 5.10 Å². The Hall–Kier alpha value is -2.89. The molecule has 0 saturated heterocycles. The Balaban J connectivity index is 2.03. The van der Waals surface area contributed by atoms with Crippen LogP contribution in [0.3, 0.4) is 0 Å². The molecule has 0 unspecified atom stereocenters. The molecule has 0 saturated carbocycles. The predicted octanol–water partition coefficient (Wildman–Crippen LogP) is 1.86. The highest BCUT2D eigenvalue weighted by molar-refractivity contribution is 5.94. The number of aromatic nitrogens is 1. The molecule has 1 heterocycles. The van der Waals surface area contributed by atoms with Crippen LogP contribution in [0.5, 0.6) is 11.5 Å². The number of hydrogen-bond donors (Lipinski definition) is 1. The van der Waals surface area contributed by atoms with Crippen molar-refractivity contribution in [1.82, 2.24) is 10.4 Å². The van der Waals surface area contributed by atoms with Gasteiger partial charge in [0, 0.05) is 18.0 Å². The number of rotatable bonds is 5. The van der Waals surface area contributed by atoms with Crippen LogP contribution in [0, 0.1) is 0 Å². The lowest BCUT2D eigenvalue weighted by atomic mass is 10.2. The molecule has 1 amide bonds. The third-order valence-electron chi connectivity index (χ3n) is 2.73. The van der Waals surface area contributed by atoms with E-state index in [0.717, 1.165) is 5.56 Å². The smallest absolute Gasteiger partial charge is 0.271 e. The second-order valence-corrected chi connectivity index (χ2v) is 4.05. The predicted molar refractivity (Wildman–Crippen MR) is 78.8 cm³/mol. The minimum Gasteiger partial charge on any atom is -0.493 e. The van der Waals surface area contributed by atoms with Gasteiger partial charge in [0.15, 0.2) is 11.5 Å². The van der Waals surface area contributed by atoms with Crippen molar-refractivity contribution in [1.29, 1.82) is 0 Å². The Morgan fingerprint density at radius 1 is 1.14 bits per heavy atom. The Morgan fingerprint density at radius 3 is 2.52 bits per heavy atom. The fourth-order valence-corrected chi connectivity index (χ4v) is 1.67. The van der Waals surface area contributed by atoms with Crippen LogP contribution in [0.15, 0.2) is 47.8 Å². The molecule has 0 radical (unpaired) electrons. The molecule has 6 heteroatoms. The number of hydrazone groups is 1. The lowest BCUT2D eigenvalue weighted by Crippen LogP contribution is -2.17. The van der Waals surface area contributed by atoms with Gasteiger partial charge in [-0.15, -0.1) is 0 Å². The maximum Gasteiger partial charge on any atom is 0.271 e. The van der Waals surface area contributed by atoms with Crippen LogP contribution in [-0.4, -0.2) is 31.3 Å². The summed E-state index contributed by atoms with van der Waals surface area (Å²) in [5.74, 6) is 0.937. The zero-order chi connectivity index (χ0) is 15.1. The SMILES string of the molecule is COc1ccc(C=NNC(=O)c2ccncc2)cc1OC. The zero-order valence-corrected chi connectivity index (χ0v) is 11.7. The van der Waals surface area contributed by atoms with E-state index < -0.39 is 0 Å². The summed E-state index contributed by atoms with van der Waals surface area (Å²) in [5.41, 5.74) is 3.72. The Morgan fingerprint density at radius 2 is 1.86 bits per heavy atom. The summed E-state index contributed by atoms with van der Waals surface area (Å²) in [6.45, 7) is 0. The zero-order valence-electron chi connectivity index (χ0n) is 11.7. The van der Waals surface area contributed by atoms with E-state index >= 15 is 0 Å². The summed E-state index contributed by atoms with van der Waals surface area (Å²) >= 11 is 0. The summed E-state index contributed by atoms with van der Waals surface area (Å²) in [6, 6.07) is 8.57. The van der Waals surface area contributed by atoms with Gasteiger partial charge in [-0.1, -0.05) is 0 Å². The highest BCUT2D eigenvalue weighted by Crippen LogP contribution is 2.26. The molecule has 0 atom stereocenters. The molecule has 0 aliphatic heterocycles. The molecule has 0 bridgehead atoms. The average Bonchev–Trinajstić information content (AvgIpc) is 2.55. The van der Waals surface area contributed by atoms with Crippen molar-refractivity contribution in [3.8, 4) is 11.5 Å². The molecule has 1 N–H and O–H groups in total. The molecule has 1 aromatic heterocycles. The van der Waals surface area contributed by atoms with Crippen LogP contribution < -0.4 is 14.9 Å². The van der Waals surface area contributed by atoms with Crippen LogP contribution in [0.2, 0.25) is 0 Å². The minimum absolute atomic E-state index is 0.297. The number of carbonyl (C=O) groups is 1. The minimum atomic E-state index is -0.297. The molecule has 0 aliphatic carbocycles. The maximum atomic E-state index is 11.8. The van der Waals surface area contributed by atoms with E-state index in [2.05, 4.69) is 15.5 Å². The summed E-state index contributed by atoms with van der Waals surface area (Å²) in [6.07, 6.45) is 4.63. The van der Waals surface area contributed by atoms with Crippen LogP contribution in [0.4, 0.5) is 0 Å². The second-order valence-electron chi connectivity index (χ2n) is 4.05. The molecular formula is C15H15N3O3. The molecule has 21 heavy (non-hydrogen) atoms. The standard InChI is InChI=1S/C15H15N3O3/c1-20-13-4-3-11(9-14(13)21-2)10-17-18-15(19)12-5-7-16-8-6-12/h3-10H,1-2H3,(H,18,19). The number of ether oxygens (including phenoxy) is 2. The van der Waals surface area contributed by atoms with Crippen LogP contribution in [0.25, 0.3) is 0 Å². The quantitative estimate of drug-likeness (QED) is 0.672. The van der Waals surface area contributed by atoms with Crippen molar-refractivity contribution < 1.29 is 14.3 Å². The van der Waals surface area contributed by atoms with E-state index in [1.807, 2.05) is 6.07 Å². The topological polar surface area (TPSA) is 72.8 Å². The molecule has 0 spiro atoms. The van der Waals surface area contributed by atoms with Crippen molar-refractivity contribution in [3.63, 3.8) is 0 Å². The molecular weight excluding hydrogens is 270 g/mol. The molecule has 0 fully saturated rings. The third kappa shape index (κ3) is 3.79. The first-order chi connectivity index (χ1) is 10.2. The second kappa shape index (κ2) is 7.04. The van der Waals surface area contributed by atoms with Crippen molar-refractivity contribution in [3.05, 3.63) is 53.9 Å². The van der Waals surface area contributed by atoms with E-state index in [0.29, 0.717) is 17.1 Å². The van der Waals surface area contributed by atoms with Gasteiger partial charge in [0.2, 0.25) is 0 Å². The molecule has 1 aromatic carbocycles. The highest BCUT2D eigenvalue weighted by atomic mass is 16.5. The van der Waals surface area contributed by atoms with Crippen molar-refractivity contribution >= 4 is 12.1 Å². The normalized spacial score (nSPS) is 10.4. The molecule has 0 aliphatic rings. The number of methoxy groups -OCH3 is 2. The van der Waals surface area contributed by atoms with Gasteiger partial charge in [0.1, 0.15) is 0 Å². The number of carbonyl (C=O) groups excluding carboxylic acids is 1. The van der Waals surface area contributed by atoms with Gasteiger partial charge in [0.05, 0.1) is 20.4 Å². The summed E-state index contributed by atoms with van der Waals surface area (Å²) in [5, 5.41) is 3.91. The largest absolute Gasteiger partial charge is 0.493 e. The Kier molecular flexibility index (Phi) is 4.87. The molecule has 2 aromatic rings. The van der Waals surface area contributed by atoms with Crippen molar-refractivity contribution in [2.45, 2.75) is 0 Å². The van der Waals surface area contributed by atoms with Crippen LogP contribution in [-0.2, 0) is 0 Å². The first kappa shape index (κ1) is 14.5. The number of benzene rings is 1. The maximum absolute atomic E-state index is 11.8. The molecule has 6 nitrogen and oxygen atoms in total. The first-order valence-electron chi connectivity index (χ1n) is 6.20. The van der Waals surface area contributed by atoms with Crippen molar-refractivity contribution in [2.24, 2.45) is 5.10 Å². The summed E-state index contributed by atoms with van der Waals surface area (Å²) in [4.78, 5) is 15.6. The Labute approximate surface area is 122 Å². The fourth-order valence-electron chi connectivity index (χ4n) is 1.67. The van der Waals surface area contributed by atoms with E-state index in [1.165, 1.54) is 6.21 Å². The summed E-state index contributed by atoms with van der Waals surface area (Å²) < 4.78 is 10.3. The average molecular weight is 285 g/mol. The third-order valence-corrected chi connectivity index (χ3v) is 2.73. The molecule has 2 rings (SSSR count). The van der Waals surface area contributed by atoms with Crippen molar-refractivity contribution in [2.75, 3.05) is 14.2 Å². The Bertz CT molecular complexity index is 642. The van der Waals surface area contributed by atoms with E-state index in [-0.39, 0.29) is 5.91 Å². The fraction of sp³-hybridized carbons (Fsp3) is 0.133. The van der Waals surface area contributed by atoms with Crippen LogP contribution >= 0.6 is 0 Å². The lowest BCUT2D eigenvalue weighted by Gasteiger charge is -2.07.